The molecule has 3 heteroatoms. The fourth-order valence-corrected chi connectivity index (χ4v) is 1.61. The van der Waals surface area contributed by atoms with Gasteiger partial charge in [0.25, 0.3) is 0 Å². The van der Waals surface area contributed by atoms with Crippen LogP contribution in [0.5, 0.6) is 0 Å². The fourth-order valence-electron chi connectivity index (χ4n) is 1.61. The van der Waals surface area contributed by atoms with E-state index in [1.807, 2.05) is 60.7 Å². The summed E-state index contributed by atoms with van der Waals surface area (Å²) in [6.07, 6.45) is 1.30. The highest BCUT2D eigenvalue weighted by Gasteiger charge is 2.02. The molecule has 0 aromatic heterocycles. The molecule has 0 atom stereocenters. The number of esters is 1. The third kappa shape index (κ3) is 4.00. The zero-order valence-corrected chi connectivity index (χ0v) is 10.5. The first-order valence-corrected chi connectivity index (χ1v) is 5.99. The van der Waals surface area contributed by atoms with Gasteiger partial charge in [-0.2, -0.15) is 0 Å². The van der Waals surface area contributed by atoms with Crippen molar-refractivity contribution in [2.45, 2.75) is 6.61 Å². The Morgan fingerprint density at radius 3 is 2.21 bits per heavy atom. The number of hydrogen-bond donors (Lipinski definition) is 1. The van der Waals surface area contributed by atoms with E-state index < -0.39 is 5.97 Å². The summed E-state index contributed by atoms with van der Waals surface area (Å²) in [4.78, 5) is 11.6. The summed E-state index contributed by atoms with van der Waals surface area (Å²) in [7, 11) is 0. The molecule has 0 bridgehead atoms. The summed E-state index contributed by atoms with van der Waals surface area (Å²) in [5.41, 5.74) is 7.98. The third-order valence-electron chi connectivity index (χ3n) is 2.60. The Kier molecular flexibility index (Phi) is 4.34. The van der Waals surface area contributed by atoms with Crippen molar-refractivity contribution in [1.82, 2.24) is 0 Å². The van der Waals surface area contributed by atoms with Crippen LogP contribution < -0.4 is 5.73 Å². The van der Waals surface area contributed by atoms with Gasteiger partial charge in [-0.1, -0.05) is 60.7 Å². The number of rotatable bonds is 4. The van der Waals surface area contributed by atoms with Crippen LogP contribution in [0.2, 0.25) is 0 Å². The van der Waals surface area contributed by atoms with Crippen molar-refractivity contribution in [1.29, 1.82) is 0 Å². The van der Waals surface area contributed by atoms with E-state index in [0.717, 1.165) is 11.1 Å². The average molecular weight is 253 g/mol. The Morgan fingerprint density at radius 2 is 1.58 bits per heavy atom. The van der Waals surface area contributed by atoms with E-state index in [2.05, 4.69) is 0 Å². The first-order chi connectivity index (χ1) is 9.25. The van der Waals surface area contributed by atoms with Crippen LogP contribution in [-0.4, -0.2) is 5.97 Å². The smallest absolute Gasteiger partial charge is 0.333 e. The summed E-state index contributed by atoms with van der Waals surface area (Å²) in [6, 6.07) is 18.8. The van der Waals surface area contributed by atoms with Crippen LogP contribution >= 0.6 is 0 Å². The van der Waals surface area contributed by atoms with Gasteiger partial charge >= 0.3 is 5.97 Å². The van der Waals surface area contributed by atoms with Gasteiger partial charge in [0, 0.05) is 11.8 Å². The molecular weight excluding hydrogens is 238 g/mol. The Balaban J connectivity index is 1.94. The first kappa shape index (κ1) is 12.9. The molecule has 2 rings (SSSR count). The minimum Gasteiger partial charge on any atom is -0.458 e. The van der Waals surface area contributed by atoms with E-state index in [1.165, 1.54) is 6.08 Å². The molecule has 0 saturated carbocycles. The zero-order chi connectivity index (χ0) is 13.5. The second-order valence-electron chi connectivity index (χ2n) is 4.06. The van der Waals surface area contributed by atoms with E-state index in [4.69, 9.17) is 10.5 Å². The standard InChI is InChI=1S/C16H15NO2/c17-15(14-9-5-2-6-10-14)11-16(18)19-12-13-7-3-1-4-8-13/h1-11H,12,17H2. The lowest BCUT2D eigenvalue weighted by molar-refractivity contribution is -0.138. The fraction of sp³-hybridized carbons (Fsp3) is 0.0625. The van der Waals surface area contributed by atoms with Gasteiger partial charge < -0.3 is 10.5 Å². The summed E-state index contributed by atoms with van der Waals surface area (Å²) in [6.45, 7) is 0.248. The molecule has 2 aromatic carbocycles. The highest BCUT2D eigenvalue weighted by atomic mass is 16.5. The Bertz CT molecular complexity index is 562. The zero-order valence-electron chi connectivity index (χ0n) is 10.5. The number of nitrogens with two attached hydrogens (primary N) is 1. The van der Waals surface area contributed by atoms with E-state index in [0.29, 0.717) is 5.70 Å². The van der Waals surface area contributed by atoms with Gasteiger partial charge in [-0.05, 0) is 11.1 Å². The third-order valence-corrected chi connectivity index (χ3v) is 2.60. The van der Waals surface area contributed by atoms with Crippen molar-refractivity contribution < 1.29 is 9.53 Å². The average Bonchev–Trinajstić information content (AvgIpc) is 2.47. The summed E-state index contributed by atoms with van der Waals surface area (Å²) >= 11 is 0. The molecule has 0 saturated heterocycles. The normalized spacial score (nSPS) is 11.1. The number of carbonyl (C=O) groups excluding carboxylic acids is 1. The lowest BCUT2D eigenvalue weighted by Gasteiger charge is -2.04. The monoisotopic (exact) mass is 253 g/mol. The molecule has 0 fully saturated rings. The lowest BCUT2D eigenvalue weighted by atomic mass is 10.1. The number of carbonyl (C=O) groups is 1. The molecule has 2 N–H and O–H groups in total. The molecule has 0 amide bonds. The molecule has 96 valence electrons. The molecular formula is C16H15NO2. The molecule has 0 spiro atoms. The maximum atomic E-state index is 11.6. The number of benzene rings is 2. The molecule has 0 unspecified atom stereocenters. The molecule has 3 nitrogen and oxygen atoms in total. The summed E-state index contributed by atoms with van der Waals surface area (Å²) in [5.74, 6) is -0.440. The molecule has 0 aliphatic rings. The van der Waals surface area contributed by atoms with Crippen LogP contribution in [0.3, 0.4) is 0 Å². The van der Waals surface area contributed by atoms with E-state index in [-0.39, 0.29) is 6.61 Å². The van der Waals surface area contributed by atoms with Crippen LogP contribution in [-0.2, 0) is 16.1 Å². The summed E-state index contributed by atoms with van der Waals surface area (Å²) in [5, 5.41) is 0. The molecule has 2 aromatic rings. The molecule has 0 radical (unpaired) electrons. The molecule has 0 aliphatic carbocycles. The maximum absolute atomic E-state index is 11.6. The number of hydrogen-bond acceptors (Lipinski definition) is 3. The van der Waals surface area contributed by atoms with E-state index in [9.17, 15) is 4.79 Å². The van der Waals surface area contributed by atoms with Crippen molar-refractivity contribution in [2.24, 2.45) is 5.73 Å². The van der Waals surface area contributed by atoms with Crippen LogP contribution in [0.4, 0.5) is 0 Å². The Morgan fingerprint density at radius 1 is 1.00 bits per heavy atom. The van der Waals surface area contributed by atoms with E-state index >= 15 is 0 Å². The summed E-state index contributed by atoms with van der Waals surface area (Å²) < 4.78 is 5.12. The van der Waals surface area contributed by atoms with Crippen molar-refractivity contribution in [2.75, 3.05) is 0 Å². The molecule has 19 heavy (non-hydrogen) atoms. The van der Waals surface area contributed by atoms with Crippen molar-refractivity contribution >= 4 is 11.7 Å². The predicted octanol–water partition coefficient (Wildman–Crippen LogP) is 2.73. The van der Waals surface area contributed by atoms with E-state index in [1.54, 1.807) is 0 Å². The molecule has 0 heterocycles. The van der Waals surface area contributed by atoms with Gasteiger partial charge in [0.1, 0.15) is 6.61 Å². The quantitative estimate of drug-likeness (QED) is 0.673. The van der Waals surface area contributed by atoms with Crippen LogP contribution in [0.1, 0.15) is 11.1 Å². The van der Waals surface area contributed by atoms with Gasteiger partial charge in [-0.25, -0.2) is 4.79 Å². The van der Waals surface area contributed by atoms with Gasteiger partial charge in [0.15, 0.2) is 0 Å². The minimum absolute atomic E-state index is 0.248. The highest BCUT2D eigenvalue weighted by molar-refractivity contribution is 5.90. The number of ether oxygens (including phenoxy) is 1. The highest BCUT2D eigenvalue weighted by Crippen LogP contribution is 2.08. The van der Waals surface area contributed by atoms with Crippen LogP contribution in [0.25, 0.3) is 5.70 Å². The second kappa shape index (κ2) is 6.40. The van der Waals surface area contributed by atoms with Crippen molar-refractivity contribution in [3.05, 3.63) is 77.9 Å². The Labute approximate surface area is 112 Å². The van der Waals surface area contributed by atoms with Crippen LogP contribution in [0, 0.1) is 0 Å². The lowest BCUT2D eigenvalue weighted by Crippen LogP contribution is -2.05. The second-order valence-corrected chi connectivity index (χ2v) is 4.06. The van der Waals surface area contributed by atoms with Gasteiger partial charge in [-0.3, -0.25) is 0 Å². The Hall–Kier alpha value is -2.55. The topological polar surface area (TPSA) is 52.3 Å². The van der Waals surface area contributed by atoms with Crippen molar-refractivity contribution in [3.63, 3.8) is 0 Å². The SMILES string of the molecule is NC(=CC(=O)OCc1ccccc1)c1ccccc1. The van der Waals surface area contributed by atoms with Gasteiger partial charge in [0.05, 0.1) is 0 Å². The largest absolute Gasteiger partial charge is 0.458 e. The maximum Gasteiger partial charge on any atom is 0.333 e. The molecule has 0 aliphatic heterocycles. The van der Waals surface area contributed by atoms with Crippen LogP contribution in [0.15, 0.2) is 66.7 Å². The predicted molar refractivity (Wildman–Crippen MR) is 74.8 cm³/mol. The van der Waals surface area contributed by atoms with Gasteiger partial charge in [-0.15, -0.1) is 0 Å². The minimum atomic E-state index is -0.440. The first-order valence-electron chi connectivity index (χ1n) is 5.99. The van der Waals surface area contributed by atoms with Gasteiger partial charge in [0.2, 0.25) is 0 Å². The van der Waals surface area contributed by atoms with Crippen molar-refractivity contribution in [3.8, 4) is 0 Å².